The molecule has 1 N–H and O–H groups in total. The molecule has 0 saturated heterocycles. The second kappa shape index (κ2) is 8.04. The van der Waals surface area contributed by atoms with Crippen LogP contribution in [0.3, 0.4) is 0 Å². The molecule has 0 spiro atoms. The van der Waals surface area contributed by atoms with Crippen molar-refractivity contribution in [3.8, 4) is 11.5 Å². The molecule has 1 aliphatic carbocycles. The van der Waals surface area contributed by atoms with E-state index < -0.39 is 0 Å². The zero-order chi connectivity index (χ0) is 15.2. The molecule has 0 amide bonds. The van der Waals surface area contributed by atoms with Crippen molar-refractivity contribution in [3.63, 3.8) is 0 Å². The van der Waals surface area contributed by atoms with Crippen LogP contribution in [0.1, 0.15) is 51.6 Å². The molecule has 1 aliphatic rings. The van der Waals surface area contributed by atoms with E-state index in [1.165, 1.54) is 18.4 Å². The number of ether oxygens (including phenoxy) is 2. The van der Waals surface area contributed by atoms with Crippen LogP contribution in [-0.4, -0.2) is 19.8 Å². The number of hydrogen-bond donors (Lipinski definition) is 1. The zero-order valence-corrected chi connectivity index (χ0v) is 14.8. The lowest BCUT2D eigenvalue weighted by molar-refractivity contribution is 0.286. The molecule has 4 heteroatoms. The summed E-state index contributed by atoms with van der Waals surface area (Å²) in [7, 11) is 0. The summed E-state index contributed by atoms with van der Waals surface area (Å²) >= 11 is 3.72. The molecule has 3 nitrogen and oxygen atoms in total. The van der Waals surface area contributed by atoms with Crippen molar-refractivity contribution in [2.75, 3.05) is 19.8 Å². The van der Waals surface area contributed by atoms with Gasteiger partial charge in [0.25, 0.3) is 0 Å². The van der Waals surface area contributed by atoms with Gasteiger partial charge in [0.2, 0.25) is 0 Å². The van der Waals surface area contributed by atoms with Gasteiger partial charge >= 0.3 is 0 Å². The molecule has 0 aliphatic heterocycles. The van der Waals surface area contributed by atoms with Gasteiger partial charge in [-0.25, -0.2) is 0 Å². The van der Waals surface area contributed by atoms with Gasteiger partial charge in [-0.15, -0.1) is 0 Å². The molecular formula is C17H26BrNO2. The van der Waals surface area contributed by atoms with Gasteiger partial charge in [0, 0.05) is 10.5 Å². The highest BCUT2D eigenvalue weighted by atomic mass is 79.9. The predicted octanol–water partition coefficient (Wildman–Crippen LogP) is 4.70. The second-order valence-corrected chi connectivity index (χ2v) is 6.31. The summed E-state index contributed by atoms with van der Waals surface area (Å²) in [5.41, 5.74) is 1.29. The van der Waals surface area contributed by atoms with E-state index in [2.05, 4.69) is 34.2 Å². The Balaban J connectivity index is 2.29. The number of halogens is 1. The van der Waals surface area contributed by atoms with Gasteiger partial charge in [-0.2, -0.15) is 0 Å². The van der Waals surface area contributed by atoms with Gasteiger partial charge in [0.15, 0.2) is 11.5 Å². The average molecular weight is 356 g/mol. The normalized spacial score (nSPS) is 15.8. The van der Waals surface area contributed by atoms with Crippen LogP contribution < -0.4 is 14.8 Å². The molecule has 0 radical (unpaired) electrons. The van der Waals surface area contributed by atoms with Gasteiger partial charge in [-0.1, -0.05) is 22.9 Å². The minimum atomic E-state index is 0.411. The maximum absolute atomic E-state index is 5.77. The first kappa shape index (κ1) is 16.6. The zero-order valence-electron chi connectivity index (χ0n) is 13.2. The Kier molecular flexibility index (Phi) is 6.37. The van der Waals surface area contributed by atoms with Crippen molar-refractivity contribution in [2.45, 2.75) is 46.1 Å². The highest BCUT2D eigenvalue weighted by molar-refractivity contribution is 9.10. The molecule has 2 rings (SSSR count). The SMILES string of the molecule is CCCNC(c1cc(OCC)c(OCC)cc1Br)C1CC1. The van der Waals surface area contributed by atoms with E-state index in [0.717, 1.165) is 34.9 Å². The van der Waals surface area contributed by atoms with E-state index in [4.69, 9.17) is 9.47 Å². The number of hydrogen-bond acceptors (Lipinski definition) is 3. The third-order valence-electron chi connectivity index (χ3n) is 3.71. The van der Waals surface area contributed by atoms with Crippen molar-refractivity contribution < 1.29 is 9.47 Å². The standard InChI is InChI=1S/C17H26BrNO2/c1-4-9-19-17(12-7-8-12)13-10-15(20-5-2)16(21-6-3)11-14(13)18/h10-12,17,19H,4-9H2,1-3H3. The van der Waals surface area contributed by atoms with E-state index in [1.54, 1.807) is 0 Å². The van der Waals surface area contributed by atoms with Crippen LogP contribution in [0.2, 0.25) is 0 Å². The summed E-state index contributed by atoms with van der Waals surface area (Å²) in [5, 5.41) is 3.68. The Morgan fingerprint density at radius 3 is 2.29 bits per heavy atom. The lowest BCUT2D eigenvalue weighted by Crippen LogP contribution is -2.24. The molecule has 1 atom stereocenters. The Labute approximate surface area is 136 Å². The molecule has 0 aromatic heterocycles. The largest absolute Gasteiger partial charge is 0.490 e. The van der Waals surface area contributed by atoms with Crippen LogP contribution in [0.25, 0.3) is 0 Å². The molecule has 1 saturated carbocycles. The second-order valence-electron chi connectivity index (χ2n) is 5.46. The fourth-order valence-corrected chi connectivity index (χ4v) is 3.15. The minimum Gasteiger partial charge on any atom is -0.490 e. The van der Waals surface area contributed by atoms with E-state index in [1.807, 2.05) is 19.9 Å². The van der Waals surface area contributed by atoms with Gasteiger partial charge in [-0.05, 0) is 63.3 Å². The summed E-state index contributed by atoms with van der Waals surface area (Å²) in [6.45, 7) is 8.54. The molecule has 21 heavy (non-hydrogen) atoms. The van der Waals surface area contributed by atoms with Crippen molar-refractivity contribution in [1.29, 1.82) is 0 Å². The topological polar surface area (TPSA) is 30.5 Å². The van der Waals surface area contributed by atoms with Crippen LogP contribution in [-0.2, 0) is 0 Å². The van der Waals surface area contributed by atoms with Gasteiger partial charge < -0.3 is 14.8 Å². The van der Waals surface area contributed by atoms with E-state index in [9.17, 15) is 0 Å². The monoisotopic (exact) mass is 355 g/mol. The maximum Gasteiger partial charge on any atom is 0.162 e. The van der Waals surface area contributed by atoms with Crippen LogP contribution >= 0.6 is 15.9 Å². The quantitative estimate of drug-likeness (QED) is 0.696. The summed E-state index contributed by atoms with van der Waals surface area (Å²) in [4.78, 5) is 0. The Bertz CT molecular complexity index is 460. The minimum absolute atomic E-state index is 0.411. The summed E-state index contributed by atoms with van der Waals surface area (Å²) in [6, 6.07) is 4.60. The van der Waals surface area contributed by atoms with Crippen LogP contribution in [0.5, 0.6) is 11.5 Å². The van der Waals surface area contributed by atoms with Crippen molar-refractivity contribution >= 4 is 15.9 Å². The number of benzene rings is 1. The predicted molar refractivity (Wildman–Crippen MR) is 90.2 cm³/mol. The Hall–Kier alpha value is -0.740. The van der Waals surface area contributed by atoms with Crippen LogP contribution in [0, 0.1) is 5.92 Å². The van der Waals surface area contributed by atoms with Gasteiger partial charge in [0.05, 0.1) is 13.2 Å². The molecule has 1 unspecified atom stereocenters. The maximum atomic E-state index is 5.77. The highest BCUT2D eigenvalue weighted by Crippen LogP contribution is 2.45. The molecule has 0 bridgehead atoms. The van der Waals surface area contributed by atoms with Crippen molar-refractivity contribution in [1.82, 2.24) is 5.32 Å². The summed E-state index contributed by atoms with van der Waals surface area (Å²) in [6.07, 6.45) is 3.77. The van der Waals surface area contributed by atoms with Crippen molar-refractivity contribution in [2.24, 2.45) is 5.92 Å². The summed E-state index contributed by atoms with van der Waals surface area (Å²) in [5.74, 6) is 2.42. The highest BCUT2D eigenvalue weighted by Gasteiger charge is 2.33. The van der Waals surface area contributed by atoms with Crippen LogP contribution in [0.4, 0.5) is 0 Å². The Morgan fingerprint density at radius 1 is 1.14 bits per heavy atom. The fraction of sp³-hybridized carbons (Fsp3) is 0.647. The van der Waals surface area contributed by atoms with Crippen LogP contribution in [0.15, 0.2) is 16.6 Å². The Morgan fingerprint density at radius 2 is 1.76 bits per heavy atom. The molecule has 0 heterocycles. The molecular weight excluding hydrogens is 330 g/mol. The summed E-state index contributed by atoms with van der Waals surface area (Å²) < 4.78 is 12.6. The van der Waals surface area contributed by atoms with E-state index in [0.29, 0.717) is 19.3 Å². The van der Waals surface area contributed by atoms with E-state index >= 15 is 0 Å². The molecule has 1 aromatic carbocycles. The first-order chi connectivity index (χ1) is 10.2. The third kappa shape index (κ3) is 4.36. The van der Waals surface area contributed by atoms with Crippen molar-refractivity contribution in [3.05, 3.63) is 22.2 Å². The fourth-order valence-electron chi connectivity index (χ4n) is 2.59. The first-order valence-corrected chi connectivity index (χ1v) is 8.82. The van der Waals surface area contributed by atoms with Gasteiger partial charge in [0.1, 0.15) is 0 Å². The van der Waals surface area contributed by atoms with Gasteiger partial charge in [-0.3, -0.25) is 0 Å². The number of rotatable bonds is 9. The average Bonchev–Trinajstić information content (AvgIpc) is 3.28. The third-order valence-corrected chi connectivity index (χ3v) is 4.39. The first-order valence-electron chi connectivity index (χ1n) is 8.03. The molecule has 1 fully saturated rings. The molecule has 1 aromatic rings. The van der Waals surface area contributed by atoms with E-state index in [-0.39, 0.29) is 0 Å². The lowest BCUT2D eigenvalue weighted by atomic mass is 10.0. The molecule has 118 valence electrons. The lowest BCUT2D eigenvalue weighted by Gasteiger charge is -2.22. The number of nitrogens with one attached hydrogen (secondary N) is 1. The smallest absolute Gasteiger partial charge is 0.162 e.